The van der Waals surface area contributed by atoms with Crippen LogP contribution in [-0.2, 0) is 6.18 Å². The van der Waals surface area contributed by atoms with Crippen LogP contribution in [0.25, 0.3) is 16.6 Å². The summed E-state index contributed by atoms with van der Waals surface area (Å²) >= 11 is 0. The minimum Gasteiger partial charge on any atom is -0.322 e. The predicted octanol–water partition coefficient (Wildman–Crippen LogP) is 5.27. The number of nitrogens with zero attached hydrogens (tertiary/aromatic N) is 2. The van der Waals surface area contributed by atoms with Crippen molar-refractivity contribution in [2.24, 2.45) is 0 Å². The average molecular weight is 437 g/mol. The van der Waals surface area contributed by atoms with Gasteiger partial charge in [0, 0.05) is 11.3 Å². The summed E-state index contributed by atoms with van der Waals surface area (Å²) in [5.74, 6) is -0.151. The van der Waals surface area contributed by atoms with Crippen molar-refractivity contribution in [3.63, 3.8) is 0 Å². The second-order valence-corrected chi connectivity index (χ2v) is 7.35. The molecule has 0 saturated heterocycles. The van der Waals surface area contributed by atoms with Crippen LogP contribution in [0.5, 0.6) is 0 Å². The molecule has 0 spiro atoms. The first-order valence-corrected chi connectivity index (χ1v) is 9.73. The fourth-order valence-electron chi connectivity index (χ4n) is 3.51. The smallest absolute Gasteiger partial charge is 0.322 e. The number of nitrogens with one attached hydrogen (secondary N) is 1. The molecule has 0 aliphatic rings. The maximum Gasteiger partial charge on any atom is 0.416 e. The lowest BCUT2D eigenvalue weighted by Gasteiger charge is -2.14. The molecule has 0 atom stereocenters. The van der Waals surface area contributed by atoms with E-state index in [0.29, 0.717) is 33.7 Å². The lowest BCUT2D eigenvalue weighted by molar-refractivity contribution is -0.137. The molecule has 3 aromatic carbocycles. The van der Waals surface area contributed by atoms with E-state index in [-0.39, 0.29) is 11.1 Å². The molecule has 0 aliphatic carbocycles. The Morgan fingerprint density at radius 1 is 0.969 bits per heavy atom. The Labute approximate surface area is 181 Å². The molecule has 0 aliphatic heterocycles. The second kappa shape index (κ2) is 7.96. The molecular formula is C24H18F3N3O2. The van der Waals surface area contributed by atoms with Gasteiger partial charge in [-0.2, -0.15) is 13.2 Å². The molecule has 162 valence electrons. The maximum absolute atomic E-state index is 13.0. The van der Waals surface area contributed by atoms with Gasteiger partial charge in [0.1, 0.15) is 5.82 Å². The number of aromatic nitrogens is 2. The number of aryl methyl sites for hydroxylation is 2. The standard InChI is InChI=1S/C24H18F3N3O2/c1-14-12-18(30-15(2)28-21-9-4-3-8-19(21)23(30)32)10-11-20(14)29-22(31)16-6-5-7-17(13-16)24(25,26)27/h3-13H,1-2H3,(H,29,31). The SMILES string of the molecule is Cc1cc(-n2c(C)nc3ccccc3c2=O)ccc1NC(=O)c1cccc(C(F)(F)F)c1. The summed E-state index contributed by atoms with van der Waals surface area (Å²) in [7, 11) is 0. The number of amides is 1. The highest BCUT2D eigenvalue weighted by molar-refractivity contribution is 6.04. The van der Waals surface area contributed by atoms with Gasteiger partial charge in [-0.3, -0.25) is 14.2 Å². The molecule has 8 heteroatoms. The number of fused-ring (bicyclic) bond motifs is 1. The number of alkyl halides is 3. The topological polar surface area (TPSA) is 64.0 Å². The van der Waals surface area contributed by atoms with Gasteiger partial charge in [0.25, 0.3) is 11.5 Å². The third-order valence-corrected chi connectivity index (χ3v) is 5.11. The van der Waals surface area contributed by atoms with Crippen LogP contribution in [0.3, 0.4) is 0 Å². The van der Waals surface area contributed by atoms with E-state index in [1.165, 1.54) is 16.7 Å². The predicted molar refractivity (Wildman–Crippen MR) is 116 cm³/mol. The highest BCUT2D eigenvalue weighted by Gasteiger charge is 2.30. The molecule has 1 amide bonds. The van der Waals surface area contributed by atoms with Gasteiger partial charge >= 0.3 is 6.18 Å². The van der Waals surface area contributed by atoms with Crippen molar-refractivity contribution >= 4 is 22.5 Å². The third-order valence-electron chi connectivity index (χ3n) is 5.11. The van der Waals surface area contributed by atoms with Crippen LogP contribution >= 0.6 is 0 Å². The summed E-state index contributed by atoms with van der Waals surface area (Å²) in [6.07, 6.45) is -4.53. The van der Waals surface area contributed by atoms with Crippen LogP contribution in [0, 0.1) is 13.8 Å². The highest BCUT2D eigenvalue weighted by atomic mass is 19.4. The van der Waals surface area contributed by atoms with E-state index in [2.05, 4.69) is 10.3 Å². The summed E-state index contributed by atoms with van der Waals surface area (Å²) in [6, 6.07) is 16.3. The van der Waals surface area contributed by atoms with Gasteiger partial charge in [-0.05, 0) is 67.9 Å². The molecule has 0 fully saturated rings. The summed E-state index contributed by atoms with van der Waals surface area (Å²) in [6.45, 7) is 3.46. The van der Waals surface area contributed by atoms with Crippen LogP contribution < -0.4 is 10.9 Å². The minimum atomic E-state index is -4.53. The van der Waals surface area contributed by atoms with E-state index in [0.717, 1.165) is 12.1 Å². The highest BCUT2D eigenvalue weighted by Crippen LogP contribution is 2.30. The van der Waals surface area contributed by atoms with E-state index in [1.54, 1.807) is 50.2 Å². The number of halogens is 3. The molecule has 5 nitrogen and oxygen atoms in total. The van der Waals surface area contributed by atoms with Gasteiger partial charge in [-0.1, -0.05) is 18.2 Å². The number of benzene rings is 3. The summed E-state index contributed by atoms with van der Waals surface area (Å²) < 4.78 is 40.3. The zero-order valence-electron chi connectivity index (χ0n) is 17.2. The molecule has 4 aromatic rings. The number of hydrogen-bond acceptors (Lipinski definition) is 3. The largest absolute Gasteiger partial charge is 0.416 e. The van der Waals surface area contributed by atoms with Gasteiger partial charge < -0.3 is 5.32 Å². The van der Waals surface area contributed by atoms with Gasteiger partial charge in [-0.25, -0.2) is 4.98 Å². The van der Waals surface area contributed by atoms with E-state index in [4.69, 9.17) is 0 Å². The van der Waals surface area contributed by atoms with Crippen LogP contribution in [0.2, 0.25) is 0 Å². The van der Waals surface area contributed by atoms with Crippen LogP contribution in [-0.4, -0.2) is 15.5 Å². The lowest BCUT2D eigenvalue weighted by Crippen LogP contribution is -2.22. The first-order valence-electron chi connectivity index (χ1n) is 9.73. The minimum absolute atomic E-state index is 0.103. The molecule has 0 unspecified atom stereocenters. The van der Waals surface area contributed by atoms with E-state index < -0.39 is 17.6 Å². The Balaban J connectivity index is 1.66. The number of carbonyl (C=O) groups excluding carboxylic acids is 1. The third kappa shape index (κ3) is 3.99. The molecule has 4 rings (SSSR count). The zero-order valence-corrected chi connectivity index (χ0v) is 17.2. The molecule has 1 N–H and O–H groups in total. The Morgan fingerprint density at radius 3 is 2.44 bits per heavy atom. The van der Waals surface area contributed by atoms with E-state index >= 15 is 0 Å². The fraction of sp³-hybridized carbons (Fsp3) is 0.125. The average Bonchev–Trinajstić information content (AvgIpc) is 2.75. The van der Waals surface area contributed by atoms with Crippen molar-refractivity contribution in [1.82, 2.24) is 9.55 Å². The Bertz CT molecular complexity index is 1410. The normalized spacial score (nSPS) is 11.5. The van der Waals surface area contributed by atoms with Crippen LogP contribution in [0.1, 0.15) is 27.3 Å². The number of carbonyl (C=O) groups is 1. The van der Waals surface area contributed by atoms with Crippen molar-refractivity contribution in [1.29, 1.82) is 0 Å². The van der Waals surface area contributed by atoms with Crippen molar-refractivity contribution in [2.75, 3.05) is 5.32 Å². The van der Waals surface area contributed by atoms with Crippen molar-refractivity contribution in [3.05, 3.63) is 99.6 Å². The first kappa shape index (κ1) is 21.3. The van der Waals surface area contributed by atoms with Crippen LogP contribution in [0.15, 0.2) is 71.5 Å². The molecule has 0 saturated carbocycles. The monoisotopic (exact) mass is 437 g/mol. The van der Waals surface area contributed by atoms with Gasteiger partial charge in [-0.15, -0.1) is 0 Å². The molecule has 0 bridgehead atoms. The summed E-state index contributed by atoms with van der Waals surface area (Å²) in [4.78, 5) is 30.0. The van der Waals surface area contributed by atoms with Crippen LogP contribution in [0.4, 0.5) is 18.9 Å². The molecule has 1 aromatic heterocycles. The van der Waals surface area contributed by atoms with Crippen molar-refractivity contribution in [3.8, 4) is 5.69 Å². The number of hydrogen-bond donors (Lipinski definition) is 1. The van der Waals surface area contributed by atoms with Gasteiger partial charge in [0.2, 0.25) is 0 Å². The van der Waals surface area contributed by atoms with Gasteiger partial charge in [0.15, 0.2) is 0 Å². The van der Waals surface area contributed by atoms with Gasteiger partial charge in [0.05, 0.1) is 22.2 Å². The van der Waals surface area contributed by atoms with Crippen molar-refractivity contribution in [2.45, 2.75) is 20.0 Å². The molecule has 0 radical (unpaired) electrons. The fourth-order valence-corrected chi connectivity index (χ4v) is 3.51. The number of para-hydroxylation sites is 1. The Morgan fingerprint density at radius 2 is 1.72 bits per heavy atom. The Kier molecular flexibility index (Phi) is 5.30. The first-order chi connectivity index (χ1) is 15.1. The second-order valence-electron chi connectivity index (χ2n) is 7.35. The molecule has 1 heterocycles. The number of anilines is 1. The quantitative estimate of drug-likeness (QED) is 0.475. The summed E-state index contributed by atoms with van der Waals surface area (Å²) in [5, 5.41) is 3.12. The zero-order chi connectivity index (χ0) is 23.0. The molecular weight excluding hydrogens is 419 g/mol. The van der Waals surface area contributed by atoms with E-state index in [9.17, 15) is 22.8 Å². The summed E-state index contributed by atoms with van der Waals surface area (Å²) in [5.41, 5.74) is 1.03. The van der Waals surface area contributed by atoms with Crippen molar-refractivity contribution < 1.29 is 18.0 Å². The maximum atomic E-state index is 13.0. The Hall–Kier alpha value is -3.94. The number of rotatable bonds is 3. The van der Waals surface area contributed by atoms with E-state index in [1.807, 2.05) is 6.07 Å². The lowest BCUT2D eigenvalue weighted by atomic mass is 10.1. The molecule has 32 heavy (non-hydrogen) atoms.